The fourth-order valence-corrected chi connectivity index (χ4v) is 0.494. The maximum atomic E-state index is 5.26. The van der Waals surface area contributed by atoms with Gasteiger partial charge in [0.1, 0.15) is 0 Å². The Morgan fingerprint density at radius 3 is 2.86 bits per heavy atom. The molecule has 0 amide bonds. The van der Waals surface area contributed by atoms with E-state index in [4.69, 9.17) is 5.73 Å². The molecule has 1 rings (SSSR count). The van der Waals surface area contributed by atoms with Crippen molar-refractivity contribution in [2.24, 2.45) is 5.73 Å². The quantitative estimate of drug-likeness (QED) is 0.524. The lowest BCUT2D eigenvalue weighted by molar-refractivity contribution is 1.01. The molecule has 38 valence electrons. The summed E-state index contributed by atoms with van der Waals surface area (Å²) in [4.78, 5) is 2.96. The third kappa shape index (κ3) is 0.810. The number of rotatable bonds is 1. The van der Waals surface area contributed by atoms with E-state index in [-0.39, 0.29) is 0 Å². The van der Waals surface area contributed by atoms with Gasteiger partial charge in [0.15, 0.2) is 0 Å². The summed E-state index contributed by atoms with van der Waals surface area (Å²) < 4.78 is 0. The van der Waals surface area contributed by atoms with E-state index in [1.54, 1.807) is 0 Å². The zero-order valence-corrected chi connectivity index (χ0v) is 4.02. The van der Waals surface area contributed by atoms with Crippen LogP contribution in [0.3, 0.4) is 0 Å². The van der Waals surface area contributed by atoms with Crippen LogP contribution in [0.1, 0.15) is 5.69 Å². The molecule has 1 heterocycles. The van der Waals surface area contributed by atoms with E-state index < -0.39 is 0 Å². The van der Waals surface area contributed by atoms with E-state index in [9.17, 15) is 0 Å². The maximum Gasteiger partial charge on any atom is 0.0332 e. The summed E-state index contributed by atoms with van der Waals surface area (Å²) in [7, 11) is 0. The number of aromatic nitrogens is 1. The van der Waals surface area contributed by atoms with Crippen molar-refractivity contribution in [1.29, 1.82) is 0 Å². The molecule has 0 spiro atoms. The standard InChI is InChI=1S/C5H8N2/c6-4-5-2-1-3-7-5/h1-3,7H,4,6H2. The topological polar surface area (TPSA) is 41.8 Å². The van der Waals surface area contributed by atoms with E-state index in [1.165, 1.54) is 0 Å². The minimum Gasteiger partial charge on any atom is -0.364 e. The Hall–Kier alpha value is -0.760. The molecule has 0 bridgehead atoms. The Labute approximate surface area is 42.3 Å². The molecule has 2 heteroatoms. The van der Waals surface area contributed by atoms with Gasteiger partial charge in [-0.05, 0) is 12.1 Å². The van der Waals surface area contributed by atoms with Crippen LogP contribution in [0.15, 0.2) is 18.3 Å². The van der Waals surface area contributed by atoms with E-state index >= 15 is 0 Å². The molecule has 1 aromatic rings. The van der Waals surface area contributed by atoms with Crippen LogP contribution < -0.4 is 5.73 Å². The van der Waals surface area contributed by atoms with Gasteiger partial charge >= 0.3 is 0 Å². The van der Waals surface area contributed by atoms with Crippen molar-refractivity contribution in [2.75, 3.05) is 0 Å². The molecule has 0 saturated carbocycles. The number of H-pyrrole nitrogens is 1. The lowest BCUT2D eigenvalue weighted by atomic mass is 10.4. The first-order valence-electron chi connectivity index (χ1n) is 2.26. The van der Waals surface area contributed by atoms with Gasteiger partial charge in [-0.3, -0.25) is 0 Å². The van der Waals surface area contributed by atoms with E-state index in [2.05, 4.69) is 4.98 Å². The average Bonchev–Trinajstić information content (AvgIpc) is 2.14. The summed E-state index contributed by atoms with van der Waals surface area (Å²) in [6.45, 7) is 0.604. The number of nitrogens with two attached hydrogens (primary N) is 1. The predicted molar refractivity (Wildman–Crippen MR) is 28.7 cm³/mol. The molecule has 0 radical (unpaired) electrons. The highest BCUT2D eigenvalue weighted by molar-refractivity contribution is 5.02. The highest BCUT2D eigenvalue weighted by Gasteiger charge is 1.81. The highest BCUT2D eigenvalue weighted by atomic mass is 14.7. The van der Waals surface area contributed by atoms with Crippen LogP contribution >= 0.6 is 0 Å². The second-order valence-corrected chi connectivity index (χ2v) is 1.40. The molecule has 0 aliphatic carbocycles. The van der Waals surface area contributed by atoms with Crippen LogP contribution in [0, 0.1) is 0 Å². The number of hydrogen-bond donors (Lipinski definition) is 2. The lowest BCUT2D eigenvalue weighted by Gasteiger charge is -1.82. The average molecular weight is 96.1 g/mol. The minimum atomic E-state index is 0.604. The lowest BCUT2D eigenvalue weighted by Crippen LogP contribution is -1.94. The third-order valence-corrected chi connectivity index (χ3v) is 0.882. The van der Waals surface area contributed by atoms with Crippen LogP contribution in [-0.2, 0) is 6.54 Å². The molecular weight excluding hydrogens is 88.1 g/mol. The van der Waals surface area contributed by atoms with Crippen molar-refractivity contribution in [3.05, 3.63) is 24.0 Å². The normalized spacial score (nSPS) is 9.29. The van der Waals surface area contributed by atoms with Crippen molar-refractivity contribution in [1.82, 2.24) is 4.98 Å². The maximum absolute atomic E-state index is 5.26. The summed E-state index contributed by atoms with van der Waals surface area (Å²) in [6, 6.07) is 3.89. The van der Waals surface area contributed by atoms with Crippen LogP contribution in [0.4, 0.5) is 0 Å². The second-order valence-electron chi connectivity index (χ2n) is 1.40. The number of aromatic amines is 1. The van der Waals surface area contributed by atoms with Gasteiger partial charge in [-0.25, -0.2) is 0 Å². The van der Waals surface area contributed by atoms with Crippen molar-refractivity contribution >= 4 is 0 Å². The van der Waals surface area contributed by atoms with Gasteiger partial charge in [0.2, 0.25) is 0 Å². The van der Waals surface area contributed by atoms with Gasteiger partial charge in [0.05, 0.1) is 0 Å². The molecule has 0 fully saturated rings. The van der Waals surface area contributed by atoms with Gasteiger partial charge in [0.25, 0.3) is 0 Å². The van der Waals surface area contributed by atoms with Crippen LogP contribution in [0.25, 0.3) is 0 Å². The molecule has 0 atom stereocenters. The Morgan fingerprint density at radius 1 is 1.71 bits per heavy atom. The van der Waals surface area contributed by atoms with Crippen molar-refractivity contribution < 1.29 is 0 Å². The Bertz CT molecular complexity index is 121. The second kappa shape index (κ2) is 1.80. The first kappa shape index (κ1) is 4.40. The summed E-state index contributed by atoms with van der Waals surface area (Å²) in [5, 5.41) is 0. The monoisotopic (exact) mass is 96.1 g/mol. The third-order valence-electron chi connectivity index (χ3n) is 0.882. The Balaban J connectivity index is 2.76. The fourth-order valence-electron chi connectivity index (χ4n) is 0.494. The number of nitrogens with one attached hydrogen (secondary N) is 1. The first-order chi connectivity index (χ1) is 3.43. The zero-order valence-electron chi connectivity index (χ0n) is 4.02. The first-order valence-corrected chi connectivity index (χ1v) is 2.26. The Kier molecular flexibility index (Phi) is 1.13. The largest absolute Gasteiger partial charge is 0.364 e. The smallest absolute Gasteiger partial charge is 0.0332 e. The summed E-state index contributed by atoms with van der Waals surface area (Å²) in [6.07, 6.45) is 1.86. The van der Waals surface area contributed by atoms with Crippen LogP contribution in [0.5, 0.6) is 0 Å². The zero-order chi connectivity index (χ0) is 5.11. The molecule has 0 unspecified atom stereocenters. The highest BCUT2D eigenvalue weighted by Crippen LogP contribution is 1.88. The molecule has 0 saturated heterocycles. The SMILES string of the molecule is NCc1ccc[nH]1. The molecule has 7 heavy (non-hydrogen) atoms. The minimum absolute atomic E-state index is 0.604. The van der Waals surface area contributed by atoms with Crippen molar-refractivity contribution in [3.8, 4) is 0 Å². The molecule has 0 aliphatic heterocycles. The molecule has 2 nitrogen and oxygen atoms in total. The van der Waals surface area contributed by atoms with Gasteiger partial charge in [-0.2, -0.15) is 0 Å². The van der Waals surface area contributed by atoms with Crippen LogP contribution in [0.2, 0.25) is 0 Å². The molecule has 0 aliphatic rings. The van der Waals surface area contributed by atoms with E-state index in [1.807, 2.05) is 18.3 Å². The van der Waals surface area contributed by atoms with Crippen molar-refractivity contribution in [2.45, 2.75) is 6.54 Å². The summed E-state index contributed by atoms with van der Waals surface area (Å²) in [5.41, 5.74) is 6.35. The molecular formula is C5H8N2. The van der Waals surface area contributed by atoms with Crippen LogP contribution in [-0.4, -0.2) is 4.98 Å². The number of hydrogen-bond acceptors (Lipinski definition) is 1. The van der Waals surface area contributed by atoms with Gasteiger partial charge < -0.3 is 10.7 Å². The summed E-state index contributed by atoms with van der Waals surface area (Å²) >= 11 is 0. The van der Waals surface area contributed by atoms with Gasteiger partial charge in [-0.15, -0.1) is 0 Å². The predicted octanol–water partition coefficient (Wildman–Crippen LogP) is 0.473. The fraction of sp³-hybridized carbons (Fsp3) is 0.200. The summed E-state index contributed by atoms with van der Waals surface area (Å²) in [5.74, 6) is 0. The molecule has 0 aromatic carbocycles. The Morgan fingerprint density at radius 2 is 2.57 bits per heavy atom. The van der Waals surface area contributed by atoms with Gasteiger partial charge in [-0.1, -0.05) is 0 Å². The molecule has 3 N–H and O–H groups in total. The van der Waals surface area contributed by atoms with E-state index in [0.717, 1.165) is 5.69 Å². The van der Waals surface area contributed by atoms with Gasteiger partial charge in [0, 0.05) is 18.4 Å². The van der Waals surface area contributed by atoms with E-state index in [0.29, 0.717) is 6.54 Å². The van der Waals surface area contributed by atoms with Crippen molar-refractivity contribution in [3.63, 3.8) is 0 Å². The molecule has 1 aromatic heterocycles.